The molecule has 3 atom stereocenters. The van der Waals surface area contributed by atoms with E-state index < -0.39 is 0 Å². The minimum Gasteiger partial charge on any atom is -0.491 e. The highest BCUT2D eigenvalue weighted by molar-refractivity contribution is 5.71. The van der Waals surface area contributed by atoms with Crippen LogP contribution in [0.4, 0.5) is 0 Å². The standard InChI is InChI=1S/C43H52O7/c1-25-12-34(35-14-27(3)41(28(4)15-35)48-23-38-21-46-38)13-26(2)40(25)45-11-10-44-20-33(9)50-43-31(7)18-37(19-32(43)8)36-16-29(5)42(30(6)17-36)49-24-39-22-47-39/h12-19,33,38-39H,10-11,20-24H2,1-9H3. The number of ether oxygens (including phenoxy) is 7. The molecule has 0 saturated carbocycles. The Morgan fingerprint density at radius 1 is 0.500 bits per heavy atom. The van der Waals surface area contributed by atoms with Crippen molar-refractivity contribution in [3.05, 3.63) is 93.0 Å². The molecule has 0 aliphatic carbocycles. The molecule has 2 aliphatic rings. The second-order valence-corrected chi connectivity index (χ2v) is 14.1. The van der Waals surface area contributed by atoms with Gasteiger partial charge in [-0.2, -0.15) is 0 Å². The summed E-state index contributed by atoms with van der Waals surface area (Å²) in [5, 5.41) is 0. The molecule has 2 saturated heterocycles. The Morgan fingerprint density at radius 2 is 0.820 bits per heavy atom. The van der Waals surface area contributed by atoms with Gasteiger partial charge in [-0.15, -0.1) is 0 Å². The van der Waals surface area contributed by atoms with Gasteiger partial charge in [0.1, 0.15) is 61.1 Å². The van der Waals surface area contributed by atoms with Crippen molar-refractivity contribution < 1.29 is 33.2 Å². The molecule has 0 bridgehead atoms. The fourth-order valence-electron chi connectivity index (χ4n) is 6.70. The molecule has 3 unspecified atom stereocenters. The molecule has 0 N–H and O–H groups in total. The molecule has 4 aromatic carbocycles. The molecule has 4 aromatic rings. The Labute approximate surface area is 297 Å². The molecular weight excluding hydrogens is 628 g/mol. The Hall–Kier alpha value is -4.04. The number of epoxide rings is 2. The Morgan fingerprint density at radius 3 is 1.16 bits per heavy atom. The van der Waals surface area contributed by atoms with E-state index in [1.807, 2.05) is 6.92 Å². The third-order valence-electron chi connectivity index (χ3n) is 9.29. The van der Waals surface area contributed by atoms with Crippen molar-refractivity contribution in [3.63, 3.8) is 0 Å². The SMILES string of the molecule is Cc1cc(-c2cc(C)c(OCC3CO3)c(C)c2)cc(C)c1OCCOCC(C)Oc1c(C)cc(-c2cc(C)c(OCC3CO3)c(C)c2)cc1C. The van der Waals surface area contributed by atoms with Gasteiger partial charge in [0.05, 0.1) is 26.4 Å². The van der Waals surface area contributed by atoms with Crippen molar-refractivity contribution in [2.75, 3.05) is 46.2 Å². The van der Waals surface area contributed by atoms with Crippen molar-refractivity contribution in [2.24, 2.45) is 0 Å². The van der Waals surface area contributed by atoms with Crippen molar-refractivity contribution >= 4 is 0 Å². The van der Waals surface area contributed by atoms with E-state index in [1.54, 1.807) is 0 Å². The fraction of sp³-hybridized carbons (Fsp3) is 0.442. The zero-order valence-corrected chi connectivity index (χ0v) is 31.2. The lowest BCUT2D eigenvalue weighted by Crippen LogP contribution is -2.22. The molecule has 2 fully saturated rings. The third kappa shape index (κ3) is 8.81. The summed E-state index contributed by atoms with van der Waals surface area (Å²) in [7, 11) is 0. The van der Waals surface area contributed by atoms with Crippen molar-refractivity contribution in [2.45, 2.75) is 80.6 Å². The van der Waals surface area contributed by atoms with Gasteiger partial charge >= 0.3 is 0 Å². The fourth-order valence-corrected chi connectivity index (χ4v) is 6.70. The Balaban J connectivity index is 0.992. The molecule has 2 aliphatic heterocycles. The lowest BCUT2D eigenvalue weighted by atomic mass is 9.96. The Kier molecular flexibility index (Phi) is 11.1. The normalized spacial score (nSPS) is 17.0. The first kappa shape index (κ1) is 35.8. The highest BCUT2D eigenvalue weighted by Gasteiger charge is 2.25. The van der Waals surface area contributed by atoms with E-state index in [0.717, 1.165) is 80.7 Å². The zero-order chi connectivity index (χ0) is 35.5. The quantitative estimate of drug-likeness (QED) is 0.0865. The van der Waals surface area contributed by atoms with Gasteiger partial charge < -0.3 is 33.2 Å². The van der Waals surface area contributed by atoms with Crippen LogP contribution in [0.25, 0.3) is 22.3 Å². The van der Waals surface area contributed by atoms with Gasteiger partial charge in [0.2, 0.25) is 0 Å². The van der Waals surface area contributed by atoms with Gasteiger partial charge in [-0.05, 0) is 178 Å². The Bertz CT molecular complexity index is 1740. The van der Waals surface area contributed by atoms with Crippen LogP contribution in [-0.4, -0.2) is 64.6 Å². The van der Waals surface area contributed by atoms with Crippen LogP contribution < -0.4 is 18.9 Å². The van der Waals surface area contributed by atoms with Crippen molar-refractivity contribution in [1.29, 1.82) is 0 Å². The number of benzene rings is 4. The first-order chi connectivity index (χ1) is 24.0. The highest BCUT2D eigenvalue weighted by atomic mass is 16.6. The summed E-state index contributed by atoms with van der Waals surface area (Å²) >= 11 is 0. The molecular formula is C43H52O7. The van der Waals surface area contributed by atoms with Gasteiger partial charge in [0.25, 0.3) is 0 Å². The zero-order valence-electron chi connectivity index (χ0n) is 31.2. The van der Waals surface area contributed by atoms with Crippen LogP contribution in [0.15, 0.2) is 48.5 Å². The molecule has 6 rings (SSSR count). The second-order valence-electron chi connectivity index (χ2n) is 14.1. The molecule has 0 amide bonds. The van der Waals surface area contributed by atoms with E-state index in [2.05, 4.69) is 104 Å². The van der Waals surface area contributed by atoms with Crippen LogP contribution in [0, 0.1) is 55.4 Å². The van der Waals surface area contributed by atoms with Crippen molar-refractivity contribution in [3.8, 4) is 45.3 Å². The molecule has 50 heavy (non-hydrogen) atoms. The maximum absolute atomic E-state index is 6.39. The lowest BCUT2D eigenvalue weighted by molar-refractivity contribution is 0.0425. The summed E-state index contributed by atoms with van der Waals surface area (Å²) in [6, 6.07) is 17.6. The summed E-state index contributed by atoms with van der Waals surface area (Å²) in [6.45, 7) is 23.1. The third-order valence-corrected chi connectivity index (χ3v) is 9.29. The van der Waals surface area contributed by atoms with Crippen LogP contribution in [-0.2, 0) is 14.2 Å². The molecule has 266 valence electrons. The number of hydrogen-bond donors (Lipinski definition) is 0. The van der Waals surface area contributed by atoms with Crippen molar-refractivity contribution in [1.82, 2.24) is 0 Å². The largest absolute Gasteiger partial charge is 0.491 e. The molecule has 0 spiro atoms. The number of aryl methyl sites for hydroxylation is 8. The average Bonchev–Trinajstić information content (AvgIpc) is 3.99. The van der Waals surface area contributed by atoms with Gasteiger partial charge in [0, 0.05) is 0 Å². The van der Waals surface area contributed by atoms with Gasteiger partial charge in [-0.25, -0.2) is 0 Å². The monoisotopic (exact) mass is 680 g/mol. The van der Waals surface area contributed by atoms with Crippen LogP contribution in [0.1, 0.15) is 51.4 Å². The maximum Gasteiger partial charge on any atom is 0.125 e. The highest BCUT2D eigenvalue weighted by Crippen LogP contribution is 2.36. The molecule has 7 heteroatoms. The maximum atomic E-state index is 6.39. The predicted molar refractivity (Wildman–Crippen MR) is 199 cm³/mol. The van der Waals surface area contributed by atoms with E-state index in [0.29, 0.717) is 33.0 Å². The first-order valence-electron chi connectivity index (χ1n) is 17.8. The smallest absolute Gasteiger partial charge is 0.125 e. The summed E-state index contributed by atoms with van der Waals surface area (Å²) in [5.74, 6) is 3.72. The summed E-state index contributed by atoms with van der Waals surface area (Å²) in [4.78, 5) is 0. The van der Waals surface area contributed by atoms with Gasteiger partial charge in [0.15, 0.2) is 0 Å². The summed E-state index contributed by atoms with van der Waals surface area (Å²) in [5.41, 5.74) is 13.6. The van der Waals surface area contributed by atoms with Crippen LogP contribution in [0.5, 0.6) is 23.0 Å². The molecule has 2 heterocycles. The lowest BCUT2D eigenvalue weighted by Gasteiger charge is -2.20. The number of hydrogen-bond acceptors (Lipinski definition) is 7. The van der Waals surface area contributed by atoms with E-state index >= 15 is 0 Å². The minimum atomic E-state index is -0.108. The average molecular weight is 681 g/mol. The van der Waals surface area contributed by atoms with Crippen LogP contribution >= 0.6 is 0 Å². The van der Waals surface area contributed by atoms with Gasteiger partial charge in [-0.3, -0.25) is 0 Å². The van der Waals surface area contributed by atoms with E-state index in [9.17, 15) is 0 Å². The van der Waals surface area contributed by atoms with E-state index in [1.165, 1.54) is 22.3 Å². The summed E-state index contributed by atoms with van der Waals surface area (Å²) in [6.07, 6.45) is 0.370. The topological polar surface area (TPSA) is 71.2 Å². The van der Waals surface area contributed by atoms with E-state index in [-0.39, 0.29) is 18.3 Å². The molecule has 0 radical (unpaired) electrons. The first-order valence-corrected chi connectivity index (χ1v) is 17.8. The molecule has 0 aromatic heterocycles. The molecule has 7 nitrogen and oxygen atoms in total. The van der Waals surface area contributed by atoms with E-state index in [4.69, 9.17) is 33.2 Å². The minimum absolute atomic E-state index is 0.108. The second kappa shape index (κ2) is 15.5. The predicted octanol–water partition coefficient (Wildman–Crippen LogP) is 8.91. The van der Waals surface area contributed by atoms with Gasteiger partial charge in [-0.1, -0.05) is 0 Å². The van der Waals surface area contributed by atoms with Crippen LogP contribution in [0.3, 0.4) is 0 Å². The van der Waals surface area contributed by atoms with Crippen LogP contribution in [0.2, 0.25) is 0 Å². The summed E-state index contributed by atoms with van der Waals surface area (Å²) < 4.78 is 41.3. The number of rotatable bonds is 16.